The van der Waals surface area contributed by atoms with Crippen LogP contribution in [0.15, 0.2) is 0 Å². The van der Waals surface area contributed by atoms with E-state index in [4.69, 9.17) is 14.2 Å². The van der Waals surface area contributed by atoms with Crippen molar-refractivity contribution in [2.24, 2.45) is 11.8 Å². The van der Waals surface area contributed by atoms with Gasteiger partial charge in [0.2, 0.25) is 5.91 Å². The fourth-order valence-electron chi connectivity index (χ4n) is 2.63. The normalized spacial score (nSPS) is 16.7. The predicted octanol–water partition coefficient (Wildman–Crippen LogP) is 2.34. The van der Waals surface area contributed by atoms with Gasteiger partial charge in [-0.2, -0.15) is 0 Å². The summed E-state index contributed by atoms with van der Waals surface area (Å²) in [7, 11) is 0. The third-order valence-electron chi connectivity index (χ3n) is 4.11. The van der Waals surface area contributed by atoms with Crippen LogP contribution in [0.2, 0.25) is 0 Å². The lowest BCUT2D eigenvalue weighted by Gasteiger charge is -2.33. The van der Waals surface area contributed by atoms with Crippen molar-refractivity contribution in [3.05, 3.63) is 0 Å². The molecule has 0 spiro atoms. The molecular formula is C17H33NO4. The highest BCUT2D eigenvalue weighted by Crippen LogP contribution is 2.24. The van der Waals surface area contributed by atoms with Gasteiger partial charge in [0.25, 0.3) is 0 Å². The fraction of sp³-hybridized carbons (Fsp3) is 0.941. The Labute approximate surface area is 135 Å². The number of carbonyl (C=O) groups excluding carboxylic acids is 1. The van der Waals surface area contributed by atoms with Gasteiger partial charge in [0.05, 0.1) is 32.5 Å². The number of ether oxygens (including phenoxy) is 3. The van der Waals surface area contributed by atoms with Crippen molar-refractivity contribution in [3.8, 4) is 0 Å². The molecule has 1 rings (SSSR count). The van der Waals surface area contributed by atoms with E-state index in [9.17, 15) is 4.79 Å². The van der Waals surface area contributed by atoms with Gasteiger partial charge >= 0.3 is 0 Å². The summed E-state index contributed by atoms with van der Waals surface area (Å²) in [5.41, 5.74) is 0. The molecule has 130 valence electrons. The van der Waals surface area contributed by atoms with Crippen LogP contribution in [0, 0.1) is 11.8 Å². The van der Waals surface area contributed by atoms with Gasteiger partial charge in [0.1, 0.15) is 6.61 Å². The van der Waals surface area contributed by atoms with E-state index in [1.165, 1.54) is 0 Å². The van der Waals surface area contributed by atoms with Gasteiger partial charge in [-0.05, 0) is 38.5 Å². The number of piperidine rings is 1. The third kappa shape index (κ3) is 8.11. The molecule has 22 heavy (non-hydrogen) atoms. The maximum Gasteiger partial charge on any atom is 0.248 e. The van der Waals surface area contributed by atoms with Gasteiger partial charge in [-0.25, -0.2) is 0 Å². The maximum absolute atomic E-state index is 12.0. The first-order valence-corrected chi connectivity index (χ1v) is 8.55. The molecule has 0 aliphatic carbocycles. The lowest BCUT2D eigenvalue weighted by molar-refractivity contribution is -0.138. The molecule has 0 atom stereocenters. The Balaban J connectivity index is 1.98. The molecule has 1 aliphatic rings. The maximum atomic E-state index is 12.0. The van der Waals surface area contributed by atoms with E-state index in [0.717, 1.165) is 31.8 Å². The largest absolute Gasteiger partial charge is 0.377 e. The zero-order valence-electron chi connectivity index (χ0n) is 14.7. The van der Waals surface area contributed by atoms with Crippen LogP contribution in [-0.2, 0) is 19.0 Å². The average Bonchev–Trinajstić information content (AvgIpc) is 2.49. The van der Waals surface area contributed by atoms with Crippen molar-refractivity contribution < 1.29 is 19.0 Å². The number of nitrogens with zero attached hydrogens (tertiary/aromatic N) is 1. The van der Waals surface area contributed by atoms with E-state index < -0.39 is 0 Å². The number of likely N-dealkylation sites (tertiary alicyclic amines) is 1. The first-order valence-electron chi connectivity index (χ1n) is 8.55. The molecule has 0 bridgehead atoms. The number of carbonyl (C=O) groups is 1. The van der Waals surface area contributed by atoms with Crippen molar-refractivity contribution in [2.45, 2.75) is 46.6 Å². The first kappa shape index (κ1) is 19.4. The van der Waals surface area contributed by atoms with Crippen LogP contribution < -0.4 is 0 Å². The lowest BCUT2D eigenvalue weighted by Crippen LogP contribution is -2.41. The Morgan fingerprint density at radius 3 is 2.18 bits per heavy atom. The second-order valence-electron chi connectivity index (χ2n) is 6.55. The van der Waals surface area contributed by atoms with Crippen LogP contribution in [0.1, 0.15) is 40.5 Å². The number of rotatable bonds is 10. The van der Waals surface area contributed by atoms with Crippen LogP contribution in [0.5, 0.6) is 0 Å². The Bertz CT molecular complexity index is 299. The van der Waals surface area contributed by atoms with E-state index in [2.05, 4.69) is 13.8 Å². The molecular weight excluding hydrogens is 282 g/mol. The Morgan fingerprint density at radius 1 is 1.00 bits per heavy atom. The monoisotopic (exact) mass is 315 g/mol. The van der Waals surface area contributed by atoms with Gasteiger partial charge in [-0.1, -0.05) is 13.8 Å². The molecule has 5 nitrogen and oxygen atoms in total. The van der Waals surface area contributed by atoms with Crippen LogP contribution in [-0.4, -0.2) is 63.0 Å². The number of hydrogen-bond acceptors (Lipinski definition) is 4. The zero-order valence-corrected chi connectivity index (χ0v) is 14.7. The zero-order chi connectivity index (χ0) is 16.4. The van der Waals surface area contributed by atoms with Crippen LogP contribution in [0.4, 0.5) is 0 Å². The van der Waals surface area contributed by atoms with Crippen LogP contribution in [0.3, 0.4) is 0 Å². The summed E-state index contributed by atoms with van der Waals surface area (Å²) in [5.74, 6) is 1.57. The van der Waals surface area contributed by atoms with Crippen LogP contribution in [0.25, 0.3) is 0 Å². The van der Waals surface area contributed by atoms with E-state index in [1.807, 2.05) is 18.7 Å². The molecule has 0 saturated carbocycles. The third-order valence-corrected chi connectivity index (χ3v) is 4.11. The highest BCUT2D eigenvalue weighted by molar-refractivity contribution is 5.77. The highest BCUT2D eigenvalue weighted by Gasteiger charge is 2.24. The van der Waals surface area contributed by atoms with Crippen molar-refractivity contribution in [1.29, 1.82) is 0 Å². The first-order chi connectivity index (χ1) is 10.5. The molecule has 1 heterocycles. The second-order valence-corrected chi connectivity index (χ2v) is 6.55. The van der Waals surface area contributed by atoms with E-state index in [-0.39, 0.29) is 18.6 Å². The fourth-order valence-corrected chi connectivity index (χ4v) is 2.63. The Hall–Kier alpha value is -0.650. The van der Waals surface area contributed by atoms with Gasteiger partial charge < -0.3 is 19.1 Å². The molecule has 1 fully saturated rings. The SMILES string of the molecule is CC(C)OCCOCCOCC(=O)N1CCC(C(C)C)CC1. The molecule has 0 N–H and O–H groups in total. The topological polar surface area (TPSA) is 48.0 Å². The molecule has 0 radical (unpaired) electrons. The molecule has 1 saturated heterocycles. The van der Waals surface area contributed by atoms with E-state index >= 15 is 0 Å². The summed E-state index contributed by atoms with van der Waals surface area (Å²) in [5, 5.41) is 0. The van der Waals surface area contributed by atoms with Crippen molar-refractivity contribution in [2.75, 3.05) is 46.1 Å². The van der Waals surface area contributed by atoms with Crippen molar-refractivity contribution in [3.63, 3.8) is 0 Å². The lowest BCUT2D eigenvalue weighted by atomic mass is 9.87. The summed E-state index contributed by atoms with van der Waals surface area (Å²) in [6.45, 7) is 12.5. The van der Waals surface area contributed by atoms with Crippen molar-refractivity contribution in [1.82, 2.24) is 4.90 Å². The van der Waals surface area contributed by atoms with E-state index in [1.54, 1.807) is 0 Å². The van der Waals surface area contributed by atoms with Gasteiger partial charge in [-0.15, -0.1) is 0 Å². The molecule has 0 aromatic heterocycles. The smallest absolute Gasteiger partial charge is 0.248 e. The molecule has 5 heteroatoms. The summed E-state index contributed by atoms with van der Waals surface area (Å²) < 4.78 is 16.1. The average molecular weight is 315 g/mol. The quantitative estimate of drug-likeness (QED) is 0.581. The minimum Gasteiger partial charge on any atom is -0.377 e. The standard InChI is InChI=1S/C17H33NO4/c1-14(2)16-5-7-18(8-6-16)17(19)13-21-10-9-20-11-12-22-15(3)4/h14-16H,5-13H2,1-4H3. The molecule has 0 aromatic rings. The highest BCUT2D eigenvalue weighted by atomic mass is 16.5. The molecule has 1 aliphatic heterocycles. The summed E-state index contributed by atoms with van der Waals surface area (Å²) >= 11 is 0. The number of hydrogen-bond donors (Lipinski definition) is 0. The molecule has 0 aromatic carbocycles. The van der Waals surface area contributed by atoms with Crippen LogP contribution >= 0.6 is 0 Å². The second kappa shape index (κ2) is 11.0. The molecule has 1 amide bonds. The number of amides is 1. The van der Waals surface area contributed by atoms with Crippen molar-refractivity contribution >= 4 is 5.91 Å². The Kier molecular flexibility index (Phi) is 9.68. The van der Waals surface area contributed by atoms with Gasteiger partial charge in [0.15, 0.2) is 0 Å². The Morgan fingerprint density at radius 2 is 1.59 bits per heavy atom. The summed E-state index contributed by atoms with van der Waals surface area (Å²) in [4.78, 5) is 14.0. The summed E-state index contributed by atoms with van der Waals surface area (Å²) in [6.07, 6.45) is 2.46. The predicted molar refractivity (Wildman–Crippen MR) is 86.9 cm³/mol. The minimum atomic E-state index is 0.102. The summed E-state index contributed by atoms with van der Waals surface area (Å²) in [6, 6.07) is 0. The minimum absolute atomic E-state index is 0.102. The molecule has 0 unspecified atom stereocenters. The van der Waals surface area contributed by atoms with Gasteiger partial charge in [-0.3, -0.25) is 4.79 Å². The van der Waals surface area contributed by atoms with E-state index in [0.29, 0.717) is 32.3 Å². The van der Waals surface area contributed by atoms with Gasteiger partial charge in [0, 0.05) is 13.1 Å².